The Morgan fingerprint density at radius 2 is 2.16 bits per heavy atom. The van der Waals surface area contributed by atoms with E-state index in [0.717, 1.165) is 25.8 Å². The third-order valence-electron chi connectivity index (χ3n) is 3.88. The Hall–Kier alpha value is -1.39. The van der Waals surface area contributed by atoms with Gasteiger partial charge in [0.2, 0.25) is 0 Å². The van der Waals surface area contributed by atoms with Gasteiger partial charge >= 0.3 is 0 Å². The Morgan fingerprint density at radius 3 is 2.89 bits per heavy atom. The minimum Gasteiger partial charge on any atom is -0.375 e. The Kier molecular flexibility index (Phi) is 3.29. The van der Waals surface area contributed by atoms with Gasteiger partial charge in [-0.3, -0.25) is 0 Å². The Balaban J connectivity index is 2.00. The number of fused-ring (bicyclic) bond motifs is 1. The number of aromatic nitrogens is 1. The monoisotopic (exact) mass is 273 g/mol. The van der Waals surface area contributed by atoms with Crippen molar-refractivity contribution < 1.29 is 0 Å². The molecule has 3 N–H and O–H groups in total. The summed E-state index contributed by atoms with van der Waals surface area (Å²) < 4.78 is 0. The second-order valence-electron chi connectivity index (χ2n) is 5.08. The summed E-state index contributed by atoms with van der Waals surface area (Å²) >= 11 is 1.64. The molecule has 1 aromatic heterocycles. The van der Waals surface area contributed by atoms with Crippen molar-refractivity contribution >= 4 is 16.5 Å². The van der Waals surface area contributed by atoms with E-state index in [-0.39, 0.29) is 5.54 Å². The first-order chi connectivity index (χ1) is 9.23. The molecule has 3 nitrogen and oxygen atoms in total. The summed E-state index contributed by atoms with van der Waals surface area (Å²) in [6.07, 6.45) is 3.11. The summed E-state index contributed by atoms with van der Waals surface area (Å²) in [5, 5.41) is 4.39. The van der Waals surface area contributed by atoms with E-state index in [1.54, 1.807) is 11.3 Å². The fourth-order valence-electron chi connectivity index (χ4n) is 3.03. The smallest absolute Gasteiger partial charge is 0.180 e. The lowest BCUT2D eigenvalue weighted by Gasteiger charge is -2.38. The van der Waals surface area contributed by atoms with Gasteiger partial charge in [0.25, 0.3) is 0 Å². The molecular weight excluding hydrogens is 254 g/mol. The topological polar surface area (TPSA) is 50.9 Å². The Bertz CT molecular complexity index is 564. The molecular formula is C15H19N3S. The third kappa shape index (κ3) is 2.26. The van der Waals surface area contributed by atoms with Crippen molar-refractivity contribution in [1.29, 1.82) is 0 Å². The molecule has 1 unspecified atom stereocenters. The van der Waals surface area contributed by atoms with Crippen molar-refractivity contribution in [2.75, 3.05) is 12.3 Å². The first-order valence-corrected chi connectivity index (χ1v) is 7.60. The maximum atomic E-state index is 5.85. The highest BCUT2D eigenvalue weighted by Gasteiger charge is 2.36. The van der Waals surface area contributed by atoms with Gasteiger partial charge in [-0.05, 0) is 24.9 Å². The molecule has 1 aliphatic rings. The average molecular weight is 273 g/mol. The van der Waals surface area contributed by atoms with Crippen molar-refractivity contribution in [3.8, 4) is 0 Å². The zero-order chi connectivity index (χ0) is 13.3. The molecule has 0 bridgehead atoms. The largest absolute Gasteiger partial charge is 0.375 e. The number of nitrogens with one attached hydrogen (secondary N) is 1. The van der Waals surface area contributed by atoms with E-state index in [1.165, 1.54) is 16.1 Å². The predicted molar refractivity (Wildman–Crippen MR) is 80.3 cm³/mol. The molecule has 1 aromatic carbocycles. The molecule has 3 rings (SSSR count). The number of aryl methyl sites for hydroxylation is 1. The van der Waals surface area contributed by atoms with E-state index in [0.29, 0.717) is 5.13 Å². The summed E-state index contributed by atoms with van der Waals surface area (Å²) in [5.41, 5.74) is 8.40. The molecule has 0 saturated carbocycles. The molecule has 4 heteroatoms. The van der Waals surface area contributed by atoms with Crippen LogP contribution in [-0.4, -0.2) is 11.5 Å². The van der Waals surface area contributed by atoms with Crippen LogP contribution >= 0.6 is 11.3 Å². The summed E-state index contributed by atoms with van der Waals surface area (Å²) in [5.74, 6) is 0. The van der Waals surface area contributed by atoms with Gasteiger partial charge in [-0.2, -0.15) is 0 Å². The quantitative estimate of drug-likeness (QED) is 0.904. The number of hydrogen-bond donors (Lipinski definition) is 2. The van der Waals surface area contributed by atoms with E-state index in [9.17, 15) is 0 Å². The maximum Gasteiger partial charge on any atom is 0.180 e. The minimum atomic E-state index is 0.0174. The van der Waals surface area contributed by atoms with Crippen molar-refractivity contribution in [2.45, 2.75) is 31.7 Å². The molecule has 0 aliphatic heterocycles. The SMILES string of the molecule is CCNC1(c2ccccc2)CCc2sc(N)nc2C1. The Morgan fingerprint density at radius 1 is 1.37 bits per heavy atom. The molecule has 1 heterocycles. The highest BCUT2D eigenvalue weighted by molar-refractivity contribution is 7.15. The highest BCUT2D eigenvalue weighted by Crippen LogP contribution is 2.38. The highest BCUT2D eigenvalue weighted by atomic mass is 32.1. The third-order valence-corrected chi connectivity index (χ3v) is 4.87. The minimum absolute atomic E-state index is 0.0174. The molecule has 19 heavy (non-hydrogen) atoms. The van der Waals surface area contributed by atoms with Crippen LogP contribution < -0.4 is 11.1 Å². The van der Waals surface area contributed by atoms with E-state index < -0.39 is 0 Å². The van der Waals surface area contributed by atoms with Crippen LogP contribution in [0, 0.1) is 0 Å². The summed E-state index contributed by atoms with van der Waals surface area (Å²) in [4.78, 5) is 5.87. The van der Waals surface area contributed by atoms with Crippen LogP contribution in [0.2, 0.25) is 0 Å². The summed E-state index contributed by atoms with van der Waals surface area (Å²) in [6, 6.07) is 10.7. The van der Waals surface area contributed by atoms with Crippen molar-refractivity contribution in [3.63, 3.8) is 0 Å². The number of likely N-dealkylation sites (N-methyl/N-ethyl adjacent to an activating group) is 1. The normalized spacial score (nSPS) is 22.2. The number of thiazole rings is 1. The zero-order valence-corrected chi connectivity index (χ0v) is 12.0. The lowest BCUT2D eigenvalue weighted by Crippen LogP contribution is -2.46. The van der Waals surface area contributed by atoms with E-state index >= 15 is 0 Å². The van der Waals surface area contributed by atoms with Crippen molar-refractivity contribution in [3.05, 3.63) is 46.5 Å². The second kappa shape index (κ2) is 4.94. The molecule has 0 fully saturated rings. The number of nitrogens with zero attached hydrogens (tertiary/aromatic N) is 1. The second-order valence-corrected chi connectivity index (χ2v) is 6.19. The number of rotatable bonds is 3. The van der Waals surface area contributed by atoms with Gasteiger partial charge in [0.05, 0.1) is 5.69 Å². The van der Waals surface area contributed by atoms with Gasteiger partial charge in [-0.25, -0.2) is 4.98 Å². The Labute approximate surface area is 117 Å². The van der Waals surface area contributed by atoms with Crippen LogP contribution in [0.5, 0.6) is 0 Å². The van der Waals surface area contributed by atoms with Gasteiger partial charge in [0.1, 0.15) is 0 Å². The molecule has 0 spiro atoms. The number of nitrogens with two attached hydrogens (primary N) is 1. The number of anilines is 1. The van der Waals surface area contributed by atoms with Crippen LogP contribution in [0.15, 0.2) is 30.3 Å². The molecule has 1 atom stereocenters. The molecule has 2 aromatic rings. The molecule has 0 radical (unpaired) electrons. The van der Waals surface area contributed by atoms with Crippen LogP contribution in [0.25, 0.3) is 0 Å². The summed E-state index contributed by atoms with van der Waals surface area (Å²) in [7, 11) is 0. The molecule has 0 saturated heterocycles. The van der Waals surface area contributed by atoms with Gasteiger partial charge in [-0.1, -0.05) is 37.3 Å². The van der Waals surface area contributed by atoms with Crippen molar-refractivity contribution in [1.82, 2.24) is 10.3 Å². The molecule has 100 valence electrons. The number of nitrogen functional groups attached to an aromatic ring is 1. The first kappa shape index (κ1) is 12.6. The van der Waals surface area contributed by atoms with Crippen LogP contribution in [-0.2, 0) is 18.4 Å². The number of hydrogen-bond acceptors (Lipinski definition) is 4. The van der Waals surface area contributed by atoms with Crippen LogP contribution in [0.4, 0.5) is 5.13 Å². The lowest BCUT2D eigenvalue weighted by molar-refractivity contribution is 0.296. The van der Waals surface area contributed by atoms with E-state index in [1.807, 2.05) is 0 Å². The molecule has 1 aliphatic carbocycles. The van der Waals surface area contributed by atoms with Gasteiger partial charge in [-0.15, -0.1) is 11.3 Å². The fraction of sp³-hybridized carbons (Fsp3) is 0.400. The number of benzene rings is 1. The zero-order valence-electron chi connectivity index (χ0n) is 11.1. The van der Waals surface area contributed by atoms with Crippen molar-refractivity contribution in [2.24, 2.45) is 0 Å². The van der Waals surface area contributed by atoms with Gasteiger partial charge in [0, 0.05) is 16.8 Å². The predicted octanol–water partition coefficient (Wildman–Crippen LogP) is 2.72. The fourth-order valence-corrected chi connectivity index (χ4v) is 3.88. The van der Waals surface area contributed by atoms with E-state index in [2.05, 4.69) is 47.6 Å². The summed E-state index contributed by atoms with van der Waals surface area (Å²) in [6.45, 7) is 3.12. The average Bonchev–Trinajstić information content (AvgIpc) is 2.79. The van der Waals surface area contributed by atoms with Crippen LogP contribution in [0.1, 0.15) is 29.5 Å². The maximum absolute atomic E-state index is 5.85. The standard InChI is InChI=1S/C15H19N3S/c1-2-17-15(11-6-4-3-5-7-11)9-8-13-12(10-15)18-14(16)19-13/h3-7,17H,2,8-10H2,1H3,(H2,16,18). The van der Waals surface area contributed by atoms with Gasteiger partial charge < -0.3 is 11.1 Å². The van der Waals surface area contributed by atoms with Crippen LogP contribution in [0.3, 0.4) is 0 Å². The molecule has 0 amide bonds. The van der Waals surface area contributed by atoms with Gasteiger partial charge in [0.15, 0.2) is 5.13 Å². The lowest BCUT2D eigenvalue weighted by atomic mass is 9.77. The van der Waals surface area contributed by atoms with E-state index in [4.69, 9.17) is 5.73 Å². The first-order valence-electron chi connectivity index (χ1n) is 6.78.